The minimum atomic E-state index is -0.107. The van der Waals surface area contributed by atoms with Gasteiger partial charge >= 0.3 is 0 Å². The summed E-state index contributed by atoms with van der Waals surface area (Å²) in [5, 5.41) is 5.05. The summed E-state index contributed by atoms with van der Waals surface area (Å²) in [5.74, 6) is 2.31. The van der Waals surface area contributed by atoms with Crippen LogP contribution in [0.4, 0.5) is 10.7 Å². The van der Waals surface area contributed by atoms with Crippen molar-refractivity contribution in [1.29, 1.82) is 0 Å². The molecule has 1 aliphatic rings. The average Bonchev–Trinajstić information content (AvgIpc) is 3.27. The number of carbonyl (C=O) groups excluding carboxylic acids is 1. The number of methoxy groups -OCH3 is 2. The highest BCUT2D eigenvalue weighted by Gasteiger charge is 2.22. The van der Waals surface area contributed by atoms with Crippen LogP contribution in [0.2, 0.25) is 0 Å². The number of fused-ring (bicyclic) bond motifs is 1. The number of anilines is 2. The minimum absolute atomic E-state index is 0.107. The van der Waals surface area contributed by atoms with E-state index in [-0.39, 0.29) is 5.91 Å². The van der Waals surface area contributed by atoms with Crippen LogP contribution >= 0.6 is 23.1 Å². The summed E-state index contributed by atoms with van der Waals surface area (Å²) in [5.41, 5.74) is 1.96. The monoisotopic (exact) mass is 427 g/mol. The first-order valence-electron chi connectivity index (χ1n) is 9.14. The van der Waals surface area contributed by atoms with Crippen molar-refractivity contribution in [3.05, 3.63) is 59.1 Å². The second-order valence-corrected chi connectivity index (χ2v) is 8.47. The molecule has 3 aromatic rings. The second-order valence-electron chi connectivity index (χ2n) is 6.33. The van der Waals surface area contributed by atoms with Crippen LogP contribution in [0.3, 0.4) is 0 Å². The maximum atomic E-state index is 12.7. The van der Waals surface area contributed by atoms with Crippen molar-refractivity contribution in [2.24, 2.45) is 0 Å². The molecule has 1 amide bonds. The van der Waals surface area contributed by atoms with Gasteiger partial charge in [-0.25, -0.2) is 4.98 Å². The number of rotatable bonds is 6. The van der Waals surface area contributed by atoms with Crippen LogP contribution in [0.1, 0.15) is 15.2 Å². The number of carbonyl (C=O) groups is 1. The van der Waals surface area contributed by atoms with E-state index in [1.54, 1.807) is 26.0 Å². The van der Waals surface area contributed by atoms with E-state index in [9.17, 15) is 4.79 Å². The number of nitrogens with one attached hydrogen (secondary N) is 1. The van der Waals surface area contributed by atoms with Crippen LogP contribution in [0, 0.1) is 0 Å². The molecular formula is C21H21N3O3S2. The molecule has 0 saturated carbocycles. The lowest BCUT2D eigenvalue weighted by molar-refractivity contribution is 0.0954. The van der Waals surface area contributed by atoms with Gasteiger partial charge in [-0.2, -0.15) is 0 Å². The number of amides is 1. The van der Waals surface area contributed by atoms with Gasteiger partial charge in [0.25, 0.3) is 5.91 Å². The number of aromatic nitrogens is 1. The Balaban J connectivity index is 1.47. The Kier molecular flexibility index (Phi) is 5.92. The normalized spacial score (nSPS) is 13.0. The zero-order valence-electron chi connectivity index (χ0n) is 16.2. The highest BCUT2D eigenvalue weighted by atomic mass is 32.2. The molecule has 0 unspecified atom stereocenters. The molecule has 2 aromatic heterocycles. The predicted octanol–water partition coefficient (Wildman–Crippen LogP) is 4.33. The Bertz CT molecular complexity index is 1020. The van der Waals surface area contributed by atoms with Crippen LogP contribution in [0.5, 0.6) is 11.5 Å². The zero-order valence-corrected chi connectivity index (χ0v) is 17.8. The molecule has 8 heteroatoms. The predicted molar refractivity (Wildman–Crippen MR) is 117 cm³/mol. The van der Waals surface area contributed by atoms with Crippen LogP contribution in [-0.2, 0) is 6.54 Å². The number of nitrogens with zero attached hydrogens (tertiary/aromatic N) is 2. The fraction of sp³-hybridized carbons (Fsp3) is 0.238. The Morgan fingerprint density at radius 2 is 2.10 bits per heavy atom. The zero-order chi connectivity index (χ0) is 20.2. The van der Waals surface area contributed by atoms with Crippen LogP contribution in [0.25, 0.3) is 0 Å². The summed E-state index contributed by atoms with van der Waals surface area (Å²) in [4.78, 5) is 20.1. The summed E-state index contributed by atoms with van der Waals surface area (Å²) in [6, 6.07) is 13.4. The van der Waals surface area contributed by atoms with Gasteiger partial charge in [-0.1, -0.05) is 0 Å². The molecule has 6 nitrogen and oxygen atoms in total. The molecule has 1 aromatic carbocycles. The topological polar surface area (TPSA) is 63.7 Å². The first-order chi connectivity index (χ1) is 14.2. The van der Waals surface area contributed by atoms with Crippen LogP contribution in [-0.4, -0.2) is 37.4 Å². The van der Waals surface area contributed by atoms with Gasteiger partial charge in [0.2, 0.25) is 0 Å². The van der Waals surface area contributed by atoms with E-state index in [1.807, 2.05) is 42.6 Å². The number of benzene rings is 1. The van der Waals surface area contributed by atoms with Crippen molar-refractivity contribution in [3.63, 3.8) is 0 Å². The van der Waals surface area contributed by atoms with Gasteiger partial charge in [0.05, 0.1) is 29.8 Å². The first kappa shape index (κ1) is 19.6. The fourth-order valence-electron chi connectivity index (χ4n) is 3.16. The van der Waals surface area contributed by atoms with E-state index in [1.165, 1.54) is 11.3 Å². The third-order valence-corrected chi connectivity index (χ3v) is 6.69. The van der Waals surface area contributed by atoms with Gasteiger partial charge in [0.15, 0.2) is 0 Å². The van der Waals surface area contributed by atoms with Crippen molar-refractivity contribution in [2.75, 3.05) is 31.4 Å². The van der Waals surface area contributed by atoms with E-state index < -0.39 is 0 Å². The number of thiophene rings is 1. The van der Waals surface area contributed by atoms with Gasteiger partial charge in [0.1, 0.15) is 16.5 Å². The lowest BCUT2D eigenvalue weighted by Gasteiger charge is -2.28. The molecule has 0 fully saturated rings. The SMILES string of the molecule is COc1ccc(OC)c(CNC(=O)c2ccc(N3CCSc4ncccc43)s2)c1. The maximum absolute atomic E-state index is 12.7. The largest absolute Gasteiger partial charge is 0.497 e. The summed E-state index contributed by atoms with van der Waals surface area (Å²) in [6.07, 6.45) is 1.81. The number of ether oxygens (including phenoxy) is 2. The third kappa shape index (κ3) is 4.18. The van der Waals surface area contributed by atoms with Gasteiger partial charge in [0, 0.05) is 30.6 Å². The molecule has 0 radical (unpaired) electrons. The Morgan fingerprint density at radius 1 is 1.21 bits per heavy atom. The van der Waals surface area contributed by atoms with E-state index in [0.717, 1.165) is 39.3 Å². The molecule has 3 heterocycles. The van der Waals surface area contributed by atoms with Crippen LogP contribution in [0.15, 0.2) is 53.7 Å². The summed E-state index contributed by atoms with van der Waals surface area (Å²) >= 11 is 3.25. The molecule has 0 aliphatic carbocycles. The smallest absolute Gasteiger partial charge is 0.261 e. The highest BCUT2D eigenvalue weighted by molar-refractivity contribution is 7.99. The average molecular weight is 428 g/mol. The van der Waals surface area contributed by atoms with Gasteiger partial charge in [-0.05, 0) is 42.5 Å². The molecule has 150 valence electrons. The highest BCUT2D eigenvalue weighted by Crippen LogP contribution is 2.40. The van der Waals surface area contributed by atoms with Gasteiger partial charge in [-0.3, -0.25) is 4.79 Å². The molecule has 1 N–H and O–H groups in total. The molecular weight excluding hydrogens is 406 g/mol. The van der Waals surface area contributed by atoms with Gasteiger partial charge in [-0.15, -0.1) is 23.1 Å². The van der Waals surface area contributed by atoms with Crippen LogP contribution < -0.4 is 19.7 Å². The van der Waals surface area contributed by atoms with E-state index >= 15 is 0 Å². The summed E-state index contributed by atoms with van der Waals surface area (Å²) in [7, 11) is 3.23. The van der Waals surface area contributed by atoms with Crippen molar-refractivity contribution < 1.29 is 14.3 Å². The van der Waals surface area contributed by atoms with E-state index in [0.29, 0.717) is 17.2 Å². The summed E-state index contributed by atoms with van der Waals surface area (Å²) in [6.45, 7) is 1.26. The standard InChI is InChI=1S/C21H21N3O3S2/c1-26-15-5-6-17(27-2)14(12-15)13-23-20(25)18-7-8-19(29-18)24-10-11-28-21-16(24)4-3-9-22-21/h3-9,12H,10-11,13H2,1-2H3,(H,23,25). The number of hydrogen-bond donors (Lipinski definition) is 1. The number of pyridine rings is 1. The fourth-order valence-corrected chi connectivity index (χ4v) is 5.05. The lowest BCUT2D eigenvalue weighted by Crippen LogP contribution is -2.24. The van der Waals surface area contributed by atoms with Crippen molar-refractivity contribution in [2.45, 2.75) is 11.6 Å². The summed E-state index contributed by atoms with van der Waals surface area (Å²) < 4.78 is 10.6. The van der Waals surface area contributed by atoms with Gasteiger partial charge < -0.3 is 19.7 Å². The molecule has 1 aliphatic heterocycles. The molecule has 0 saturated heterocycles. The molecule has 0 atom stereocenters. The Labute approximate surface area is 177 Å². The maximum Gasteiger partial charge on any atom is 0.261 e. The van der Waals surface area contributed by atoms with Crippen molar-refractivity contribution >= 4 is 39.7 Å². The number of hydrogen-bond acceptors (Lipinski definition) is 7. The quantitative estimate of drug-likeness (QED) is 0.632. The van der Waals surface area contributed by atoms with E-state index in [2.05, 4.69) is 21.3 Å². The third-order valence-electron chi connectivity index (χ3n) is 4.60. The second kappa shape index (κ2) is 8.75. The van der Waals surface area contributed by atoms with Crippen molar-refractivity contribution in [3.8, 4) is 11.5 Å². The molecule has 0 bridgehead atoms. The molecule has 4 rings (SSSR count). The first-order valence-corrected chi connectivity index (χ1v) is 10.9. The molecule has 29 heavy (non-hydrogen) atoms. The van der Waals surface area contributed by atoms with Crippen molar-refractivity contribution in [1.82, 2.24) is 10.3 Å². The molecule has 0 spiro atoms. The Morgan fingerprint density at radius 3 is 2.93 bits per heavy atom. The minimum Gasteiger partial charge on any atom is -0.497 e. The Hall–Kier alpha value is -2.71. The lowest BCUT2D eigenvalue weighted by atomic mass is 10.2. The number of thioether (sulfide) groups is 1. The van der Waals surface area contributed by atoms with E-state index in [4.69, 9.17) is 9.47 Å².